The van der Waals surface area contributed by atoms with Crippen LogP contribution in [0.3, 0.4) is 0 Å². The number of quaternary nitrogens is 1. The SMILES string of the molecule is CC/C=C\C/C=C\C/C=C\C/C=C\CCCCCCCCCCC(=O)OC(COC(=O)CCCCCCCCCCCCCCCCCCCCCC)COP(=O)([O-])OCC[N+](C)(C)C. The zero-order valence-electron chi connectivity index (χ0n) is 42.9. The molecule has 0 spiro atoms. The minimum absolute atomic E-state index is 0.0325. The summed E-state index contributed by atoms with van der Waals surface area (Å²) in [5.74, 6) is -0.834. The standard InChI is InChI=1S/C55H102NO8P/c1-6-8-10-12-14-16-18-20-22-24-26-28-30-32-34-36-38-40-42-44-46-48-55(58)64-53(52-63-65(59,60)62-50-49-56(3,4)5)51-61-54(57)47-45-43-41-39-37-35-33-31-29-27-25-23-21-19-17-15-13-11-9-7-2/h8,10,14,16,20,22,26,28,53H,6-7,9,11-13,15,17-19,21,23-25,27,29-52H2,1-5H3/b10-8-,16-14-,22-20-,28-26-. The number of hydrogen-bond acceptors (Lipinski definition) is 8. The van der Waals surface area contributed by atoms with Crippen LogP contribution in [0.25, 0.3) is 0 Å². The summed E-state index contributed by atoms with van der Waals surface area (Å²) < 4.78 is 34.1. The Hall–Kier alpha value is -2.03. The van der Waals surface area contributed by atoms with Crippen molar-refractivity contribution in [2.24, 2.45) is 0 Å². The van der Waals surface area contributed by atoms with Crippen LogP contribution >= 0.6 is 7.82 Å². The van der Waals surface area contributed by atoms with Crippen molar-refractivity contribution in [3.8, 4) is 0 Å². The number of hydrogen-bond donors (Lipinski definition) is 0. The van der Waals surface area contributed by atoms with E-state index < -0.39 is 26.5 Å². The molecule has 0 aromatic rings. The van der Waals surface area contributed by atoms with E-state index in [9.17, 15) is 19.0 Å². The highest BCUT2D eigenvalue weighted by Gasteiger charge is 2.21. The topological polar surface area (TPSA) is 111 Å². The van der Waals surface area contributed by atoms with E-state index in [-0.39, 0.29) is 32.0 Å². The van der Waals surface area contributed by atoms with Crippen LogP contribution in [0.4, 0.5) is 0 Å². The van der Waals surface area contributed by atoms with E-state index >= 15 is 0 Å². The molecule has 9 nitrogen and oxygen atoms in total. The molecule has 0 fully saturated rings. The normalized spacial score (nSPS) is 13.8. The second kappa shape index (κ2) is 47.1. The van der Waals surface area contributed by atoms with Crippen molar-refractivity contribution in [3.63, 3.8) is 0 Å². The summed E-state index contributed by atoms with van der Waals surface area (Å²) in [4.78, 5) is 37.8. The highest BCUT2D eigenvalue weighted by molar-refractivity contribution is 7.45. The first-order valence-corrected chi connectivity index (χ1v) is 28.3. The molecule has 0 N–H and O–H groups in total. The van der Waals surface area contributed by atoms with Gasteiger partial charge in [-0.3, -0.25) is 14.2 Å². The Kier molecular flexibility index (Phi) is 45.6. The molecular formula is C55H102NO8P. The molecule has 0 aliphatic carbocycles. The smallest absolute Gasteiger partial charge is 0.306 e. The van der Waals surface area contributed by atoms with Gasteiger partial charge in [0.05, 0.1) is 27.7 Å². The fraction of sp³-hybridized carbons (Fsp3) is 0.818. The van der Waals surface area contributed by atoms with Gasteiger partial charge in [0, 0.05) is 12.8 Å². The molecule has 2 atom stereocenters. The van der Waals surface area contributed by atoms with Crippen LogP contribution in [-0.4, -0.2) is 70.0 Å². The first kappa shape index (κ1) is 63.0. The van der Waals surface area contributed by atoms with E-state index in [1.54, 1.807) is 0 Å². The molecule has 0 rings (SSSR count). The van der Waals surface area contributed by atoms with Crippen LogP contribution in [0.1, 0.15) is 239 Å². The lowest BCUT2D eigenvalue weighted by Gasteiger charge is -2.28. The van der Waals surface area contributed by atoms with Crippen molar-refractivity contribution in [2.45, 2.75) is 245 Å². The number of phosphoric acid groups is 1. The first-order valence-electron chi connectivity index (χ1n) is 26.8. The quantitative estimate of drug-likeness (QED) is 0.0195. The Balaban J connectivity index is 4.22. The van der Waals surface area contributed by atoms with E-state index in [1.165, 1.54) is 135 Å². The van der Waals surface area contributed by atoms with E-state index in [2.05, 4.69) is 62.5 Å². The van der Waals surface area contributed by atoms with Gasteiger partial charge in [0.1, 0.15) is 19.8 Å². The summed E-state index contributed by atoms with van der Waals surface area (Å²) in [6.07, 6.45) is 57.1. The number of likely N-dealkylation sites (N-methyl/N-ethyl adjacent to an activating group) is 1. The van der Waals surface area contributed by atoms with Gasteiger partial charge < -0.3 is 27.9 Å². The van der Waals surface area contributed by atoms with Crippen molar-refractivity contribution in [2.75, 3.05) is 47.5 Å². The summed E-state index contributed by atoms with van der Waals surface area (Å²) >= 11 is 0. The number of carbonyl (C=O) groups excluding carboxylic acids is 2. The van der Waals surface area contributed by atoms with E-state index in [0.29, 0.717) is 17.4 Å². The van der Waals surface area contributed by atoms with Gasteiger partial charge in [-0.15, -0.1) is 0 Å². The van der Waals surface area contributed by atoms with Crippen LogP contribution in [0.5, 0.6) is 0 Å². The lowest BCUT2D eigenvalue weighted by Crippen LogP contribution is -2.37. The predicted molar refractivity (Wildman–Crippen MR) is 273 cm³/mol. The predicted octanol–water partition coefficient (Wildman–Crippen LogP) is 15.6. The van der Waals surface area contributed by atoms with Gasteiger partial charge in [-0.05, 0) is 51.4 Å². The molecule has 0 aromatic heterocycles. The van der Waals surface area contributed by atoms with Crippen LogP contribution in [0.2, 0.25) is 0 Å². The molecule has 0 saturated heterocycles. The number of rotatable bonds is 49. The van der Waals surface area contributed by atoms with Crippen LogP contribution < -0.4 is 4.89 Å². The van der Waals surface area contributed by atoms with Crippen molar-refractivity contribution < 1.29 is 42.1 Å². The van der Waals surface area contributed by atoms with Gasteiger partial charge in [0.2, 0.25) is 0 Å². The zero-order valence-corrected chi connectivity index (χ0v) is 43.8. The molecule has 65 heavy (non-hydrogen) atoms. The third-order valence-electron chi connectivity index (χ3n) is 11.6. The zero-order chi connectivity index (χ0) is 47.8. The maximum absolute atomic E-state index is 12.8. The molecule has 0 saturated carbocycles. The molecule has 380 valence electrons. The van der Waals surface area contributed by atoms with Gasteiger partial charge in [0.25, 0.3) is 7.82 Å². The average molecular weight is 936 g/mol. The summed E-state index contributed by atoms with van der Waals surface area (Å²) in [5.41, 5.74) is 0. The molecule has 0 aliphatic heterocycles. The Morgan fingerprint density at radius 1 is 0.492 bits per heavy atom. The van der Waals surface area contributed by atoms with Gasteiger partial charge in [-0.2, -0.15) is 0 Å². The Morgan fingerprint density at radius 3 is 1.31 bits per heavy atom. The third kappa shape index (κ3) is 51.2. The number of carbonyl (C=O) groups is 2. The number of allylic oxidation sites excluding steroid dienone is 8. The largest absolute Gasteiger partial charge is 0.756 e. The molecular weight excluding hydrogens is 834 g/mol. The Labute approximate surface area is 401 Å². The first-order chi connectivity index (χ1) is 31.5. The molecule has 0 amide bonds. The summed E-state index contributed by atoms with van der Waals surface area (Å²) in [5, 5.41) is 0. The lowest BCUT2D eigenvalue weighted by atomic mass is 10.0. The Bertz CT molecular complexity index is 1240. The number of unbranched alkanes of at least 4 members (excludes halogenated alkanes) is 27. The van der Waals surface area contributed by atoms with Crippen molar-refractivity contribution >= 4 is 19.8 Å². The van der Waals surface area contributed by atoms with E-state index in [0.717, 1.165) is 70.6 Å². The van der Waals surface area contributed by atoms with E-state index in [1.807, 2.05) is 21.1 Å². The third-order valence-corrected chi connectivity index (χ3v) is 12.6. The number of esters is 2. The maximum atomic E-state index is 12.8. The van der Waals surface area contributed by atoms with Gasteiger partial charge in [-0.25, -0.2) is 0 Å². The van der Waals surface area contributed by atoms with Gasteiger partial charge in [0.15, 0.2) is 6.10 Å². The molecule has 2 unspecified atom stereocenters. The van der Waals surface area contributed by atoms with E-state index in [4.69, 9.17) is 18.5 Å². The highest BCUT2D eigenvalue weighted by atomic mass is 31.2. The van der Waals surface area contributed by atoms with Gasteiger partial charge in [-0.1, -0.05) is 223 Å². The second-order valence-corrected chi connectivity index (χ2v) is 20.6. The van der Waals surface area contributed by atoms with Gasteiger partial charge >= 0.3 is 11.9 Å². The average Bonchev–Trinajstić information content (AvgIpc) is 3.26. The fourth-order valence-corrected chi connectivity index (χ4v) is 8.20. The van der Waals surface area contributed by atoms with Crippen molar-refractivity contribution in [1.29, 1.82) is 0 Å². The minimum Gasteiger partial charge on any atom is -0.756 e. The van der Waals surface area contributed by atoms with Crippen molar-refractivity contribution in [1.82, 2.24) is 0 Å². The monoisotopic (exact) mass is 936 g/mol. The van der Waals surface area contributed by atoms with Crippen molar-refractivity contribution in [3.05, 3.63) is 48.6 Å². The maximum Gasteiger partial charge on any atom is 0.306 e. The lowest BCUT2D eigenvalue weighted by molar-refractivity contribution is -0.870. The van der Waals surface area contributed by atoms with Crippen LogP contribution in [-0.2, 0) is 32.7 Å². The number of nitrogens with zero attached hydrogens (tertiary/aromatic N) is 1. The summed E-state index contributed by atoms with van der Waals surface area (Å²) in [7, 11) is 1.16. The summed E-state index contributed by atoms with van der Waals surface area (Å²) in [6, 6.07) is 0. The highest BCUT2D eigenvalue weighted by Crippen LogP contribution is 2.38. The molecule has 0 heterocycles. The molecule has 0 bridgehead atoms. The second-order valence-electron chi connectivity index (χ2n) is 19.2. The molecule has 0 aliphatic rings. The van der Waals surface area contributed by atoms with Crippen LogP contribution in [0.15, 0.2) is 48.6 Å². The molecule has 10 heteroatoms. The minimum atomic E-state index is -4.63. The fourth-order valence-electron chi connectivity index (χ4n) is 7.47. The number of phosphoric ester groups is 1. The van der Waals surface area contributed by atoms with Crippen LogP contribution in [0, 0.1) is 0 Å². The number of ether oxygens (including phenoxy) is 2. The Morgan fingerprint density at radius 2 is 0.877 bits per heavy atom. The summed E-state index contributed by atoms with van der Waals surface area (Å²) in [6.45, 7) is 4.14. The molecule has 0 aromatic carbocycles. The molecule has 0 radical (unpaired) electrons.